The summed E-state index contributed by atoms with van der Waals surface area (Å²) < 4.78 is 1.96. The fourth-order valence-corrected chi connectivity index (χ4v) is 3.76. The van der Waals surface area contributed by atoms with E-state index in [-0.39, 0.29) is 11.7 Å². The molecule has 1 amide bonds. The van der Waals surface area contributed by atoms with Crippen molar-refractivity contribution < 1.29 is 4.79 Å². The van der Waals surface area contributed by atoms with Crippen molar-refractivity contribution in [3.05, 3.63) is 66.8 Å². The van der Waals surface area contributed by atoms with Crippen LogP contribution < -0.4 is 22.6 Å². The number of rotatable bonds is 6. The number of hydrogen-bond acceptors (Lipinski definition) is 8. The first-order valence-corrected chi connectivity index (χ1v) is 10.6. The number of aryl methyl sites for hydroxylation is 1. The van der Waals surface area contributed by atoms with E-state index < -0.39 is 0 Å². The van der Waals surface area contributed by atoms with E-state index in [1.165, 1.54) is 6.33 Å². The standard InChI is InChI=1S/C24H26N10O/c1-13(2)24(35)31-16-8-5-14(6-9-16)20-18(19-22(26)29-12-30-23(19)33(20)3)15-7-10-17(28-11-15)21(25)32-34(4)27/h5-12H,1,27H2,2-4H3,(H2,25,32)(H,31,35)(H2,26,29,30). The summed E-state index contributed by atoms with van der Waals surface area (Å²) in [6, 6.07) is 11.1. The van der Waals surface area contributed by atoms with E-state index in [0.29, 0.717) is 33.8 Å². The van der Waals surface area contributed by atoms with Gasteiger partial charge in [0.15, 0.2) is 5.84 Å². The second-order valence-corrected chi connectivity index (χ2v) is 8.04. The molecule has 0 fully saturated rings. The Morgan fingerprint density at radius 1 is 1.11 bits per heavy atom. The third-order valence-corrected chi connectivity index (χ3v) is 5.38. The lowest BCUT2D eigenvalue weighted by Crippen LogP contribution is -2.26. The van der Waals surface area contributed by atoms with E-state index in [1.54, 1.807) is 26.2 Å². The molecule has 0 radical (unpaired) electrons. The number of nitrogens with two attached hydrogens (primary N) is 3. The normalized spacial score (nSPS) is 11.5. The molecule has 11 nitrogen and oxygen atoms in total. The topological polar surface area (TPSA) is 166 Å². The van der Waals surface area contributed by atoms with Gasteiger partial charge < -0.3 is 21.4 Å². The highest BCUT2D eigenvalue weighted by Gasteiger charge is 2.22. The third-order valence-electron chi connectivity index (χ3n) is 5.38. The molecule has 0 aliphatic heterocycles. The van der Waals surface area contributed by atoms with Crippen LogP contribution >= 0.6 is 0 Å². The van der Waals surface area contributed by atoms with Crippen LogP contribution in [0.5, 0.6) is 0 Å². The molecule has 0 saturated heterocycles. The molecule has 4 aromatic rings. The number of carbonyl (C=O) groups excluding carboxylic acids is 1. The van der Waals surface area contributed by atoms with E-state index in [0.717, 1.165) is 27.5 Å². The number of nitrogens with zero attached hydrogens (tertiary/aromatic N) is 6. The first kappa shape index (κ1) is 23.4. The summed E-state index contributed by atoms with van der Waals surface area (Å²) in [5.74, 6) is 5.86. The van der Waals surface area contributed by atoms with Crippen molar-refractivity contribution in [2.24, 2.45) is 23.7 Å². The van der Waals surface area contributed by atoms with Crippen molar-refractivity contribution in [1.29, 1.82) is 0 Å². The van der Waals surface area contributed by atoms with E-state index in [9.17, 15) is 4.79 Å². The Hall–Kier alpha value is -4.77. The second-order valence-electron chi connectivity index (χ2n) is 8.04. The molecule has 0 bridgehead atoms. The molecular formula is C24H26N10O. The third kappa shape index (κ3) is 4.52. The van der Waals surface area contributed by atoms with Gasteiger partial charge in [0.05, 0.1) is 11.1 Å². The molecule has 11 heteroatoms. The lowest BCUT2D eigenvalue weighted by atomic mass is 9.99. The maximum absolute atomic E-state index is 12.0. The first-order chi connectivity index (χ1) is 16.7. The molecule has 35 heavy (non-hydrogen) atoms. The predicted molar refractivity (Wildman–Crippen MR) is 138 cm³/mol. The number of nitrogens with one attached hydrogen (secondary N) is 1. The monoisotopic (exact) mass is 470 g/mol. The average molecular weight is 471 g/mol. The summed E-state index contributed by atoms with van der Waals surface area (Å²) in [7, 11) is 3.48. The van der Waals surface area contributed by atoms with Gasteiger partial charge in [0, 0.05) is 42.7 Å². The molecule has 4 rings (SSSR count). The molecule has 7 N–H and O–H groups in total. The Bertz CT molecular complexity index is 1450. The van der Waals surface area contributed by atoms with Crippen LogP contribution in [0.4, 0.5) is 11.5 Å². The van der Waals surface area contributed by atoms with Gasteiger partial charge in [-0.3, -0.25) is 9.78 Å². The van der Waals surface area contributed by atoms with Crippen LogP contribution in [0.1, 0.15) is 12.6 Å². The molecular weight excluding hydrogens is 444 g/mol. The van der Waals surface area contributed by atoms with Gasteiger partial charge >= 0.3 is 0 Å². The van der Waals surface area contributed by atoms with E-state index in [2.05, 4.69) is 31.9 Å². The van der Waals surface area contributed by atoms with Crippen molar-refractivity contribution in [1.82, 2.24) is 24.6 Å². The zero-order valence-electron chi connectivity index (χ0n) is 19.6. The minimum atomic E-state index is -0.235. The molecule has 0 saturated carbocycles. The van der Waals surface area contributed by atoms with Gasteiger partial charge in [-0.2, -0.15) is 0 Å². The van der Waals surface area contributed by atoms with Crippen LogP contribution in [-0.2, 0) is 11.8 Å². The van der Waals surface area contributed by atoms with Crippen LogP contribution in [0.3, 0.4) is 0 Å². The van der Waals surface area contributed by atoms with Gasteiger partial charge in [-0.15, -0.1) is 5.10 Å². The van der Waals surface area contributed by atoms with Gasteiger partial charge in [0.25, 0.3) is 5.91 Å². The highest BCUT2D eigenvalue weighted by molar-refractivity contribution is 6.08. The lowest BCUT2D eigenvalue weighted by Gasteiger charge is -2.11. The number of aromatic nitrogens is 4. The number of anilines is 2. The first-order valence-electron chi connectivity index (χ1n) is 10.6. The maximum Gasteiger partial charge on any atom is 0.250 e. The number of pyridine rings is 1. The highest BCUT2D eigenvalue weighted by atomic mass is 16.1. The molecule has 0 aliphatic rings. The number of nitrogen functional groups attached to an aromatic ring is 1. The van der Waals surface area contributed by atoms with E-state index in [1.807, 2.05) is 41.9 Å². The summed E-state index contributed by atoms with van der Waals surface area (Å²) in [5, 5.41) is 8.63. The van der Waals surface area contributed by atoms with Gasteiger partial charge in [0.1, 0.15) is 23.5 Å². The Balaban J connectivity index is 1.85. The molecule has 0 aliphatic carbocycles. The van der Waals surface area contributed by atoms with Crippen LogP contribution in [-0.4, -0.2) is 43.4 Å². The summed E-state index contributed by atoms with van der Waals surface area (Å²) in [4.78, 5) is 25.1. The number of hydrazone groups is 1. The molecule has 0 atom stereocenters. The Labute approximate surface area is 201 Å². The zero-order chi connectivity index (χ0) is 25.3. The summed E-state index contributed by atoms with van der Waals surface area (Å²) in [6.45, 7) is 5.32. The number of amides is 1. The second kappa shape index (κ2) is 9.23. The molecule has 3 aromatic heterocycles. The summed E-state index contributed by atoms with van der Waals surface area (Å²) in [6.07, 6.45) is 3.13. The number of hydrazine groups is 1. The van der Waals surface area contributed by atoms with Crippen LogP contribution in [0, 0.1) is 0 Å². The average Bonchev–Trinajstić information content (AvgIpc) is 3.13. The fourth-order valence-electron chi connectivity index (χ4n) is 3.76. The number of fused-ring (bicyclic) bond motifs is 1. The van der Waals surface area contributed by atoms with Gasteiger partial charge in [-0.25, -0.2) is 20.9 Å². The minimum absolute atomic E-state index is 0.190. The molecule has 0 spiro atoms. The summed E-state index contributed by atoms with van der Waals surface area (Å²) in [5.41, 5.74) is 17.9. The van der Waals surface area contributed by atoms with Crippen molar-refractivity contribution in [2.45, 2.75) is 6.92 Å². The number of benzene rings is 1. The van der Waals surface area contributed by atoms with Gasteiger partial charge in [-0.1, -0.05) is 24.8 Å². The van der Waals surface area contributed by atoms with E-state index >= 15 is 0 Å². The molecule has 0 unspecified atom stereocenters. The minimum Gasteiger partial charge on any atom is -0.383 e. The van der Waals surface area contributed by atoms with Gasteiger partial charge in [-0.05, 0) is 30.7 Å². The number of hydrogen-bond donors (Lipinski definition) is 4. The van der Waals surface area contributed by atoms with Crippen LogP contribution in [0.2, 0.25) is 0 Å². The molecule has 1 aromatic carbocycles. The quantitative estimate of drug-likeness (QED) is 0.109. The smallest absolute Gasteiger partial charge is 0.250 e. The zero-order valence-corrected chi connectivity index (χ0v) is 19.6. The lowest BCUT2D eigenvalue weighted by molar-refractivity contribution is -0.112. The SMILES string of the molecule is C=C(C)C(=O)Nc1ccc(-c2c(-c3ccc(/C(N)=N/N(C)N)nc3)c3c(N)ncnc3n2C)cc1. The van der Waals surface area contributed by atoms with Crippen molar-refractivity contribution in [3.8, 4) is 22.4 Å². The van der Waals surface area contributed by atoms with Crippen molar-refractivity contribution in [2.75, 3.05) is 18.1 Å². The Kier molecular flexibility index (Phi) is 6.17. The Morgan fingerprint density at radius 3 is 2.40 bits per heavy atom. The predicted octanol–water partition coefficient (Wildman–Crippen LogP) is 2.22. The van der Waals surface area contributed by atoms with Crippen molar-refractivity contribution >= 4 is 34.3 Å². The van der Waals surface area contributed by atoms with Crippen molar-refractivity contribution in [3.63, 3.8) is 0 Å². The number of amidine groups is 1. The highest BCUT2D eigenvalue weighted by Crippen LogP contribution is 2.41. The van der Waals surface area contributed by atoms with Crippen LogP contribution in [0.25, 0.3) is 33.4 Å². The largest absolute Gasteiger partial charge is 0.383 e. The van der Waals surface area contributed by atoms with E-state index in [4.69, 9.17) is 17.3 Å². The fraction of sp³-hybridized carbons (Fsp3) is 0.125. The number of carbonyl (C=O) groups is 1. The maximum atomic E-state index is 12.0. The molecule has 178 valence electrons. The summed E-state index contributed by atoms with van der Waals surface area (Å²) >= 11 is 0. The Morgan fingerprint density at radius 2 is 1.80 bits per heavy atom. The van der Waals surface area contributed by atoms with Gasteiger partial charge in [0.2, 0.25) is 0 Å². The van der Waals surface area contributed by atoms with Crippen LogP contribution in [0.15, 0.2) is 66.2 Å². The molecule has 3 heterocycles.